The minimum atomic E-state index is -0.138. The maximum atomic E-state index is 12.6. The Balaban J connectivity index is 1.26. The maximum absolute atomic E-state index is 12.6. The minimum Gasteiger partial charge on any atom is -0.368 e. The highest BCUT2D eigenvalue weighted by molar-refractivity contribution is 6.33. The van der Waals surface area contributed by atoms with E-state index in [1.807, 2.05) is 12.1 Å². The predicted molar refractivity (Wildman–Crippen MR) is 136 cm³/mol. The van der Waals surface area contributed by atoms with Crippen molar-refractivity contribution in [3.8, 4) is 0 Å². The Morgan fingerprint density at radius 3 is 2.74 bits per heavy atom. The average molecular weight is 480 g/mol. The highest BCUT2D eigenvalue weighted by Crippen LogP contribution is 2.34. The summed E-state index contributed by atoms with van der Waals surface area (Å²) in [4.78, 5) is 33.9. The van der Waals surface area contributed by atoms with Crippen molar-refractivity contribution < 1.29 is 9.59 Å². The number of carbonyl (C=O) groups is 2. The zero-order valence-corrected chi connectivity index (χ0v) is 20.4. The Morgan fingerprint density at radius 1 is 1.21 bits per heavy atom. The number of aryl methyl sites for hydroxylation is 1. The van der Waals surface area contributed by atoms with Gasteiger partial charge in [-0.25, -0.2) is 0 Å². The first-order chi connectivity index (χ1) is 16.4. The third-order valence-corrected chi connectivity index (χ3v) is 7.35. The van der Waals surface area contributed by atoms with Crippen LogP contribution in [0.1, 0.15) is 39.9 Å². The molecule has 0 aliphatic carbocycles. The molecule has 3 aliphatic heterocycles. The van der Waals surface area contributed by atoms with Crippen molar-refractivity contribution in [1.82, 2.24) is 10.2 Å². The van der Waals surface area contributed by atoms with Crippen molar-refractivity contribution in [3.05, 3.63) is 57.6 Å². The molecule has 1 unspecified atom stereocenters. The van der Waals surface area contributed by atoms with Crippen LogP contribution >= 0.6 is 11.6 Å². The first-order valence-corrected chi connectivity index (χ1v) is 12.3. The van der Waals surface area contributed by atoms with Crippen LogP contribution < -0.4 is 15.5 Å². The van der Waals surface area contributed by atoms with Crippen LogP contribution in [0.2, 0.25) is 5.02 Å². The molecule has 2 amide bonds. The fourth-order valence-corrected chi connectivity index (χ4v) is 5.62. The third kappa shape index (κ3) is 4.30. The van der Waals surface area contributed by atoms with Gasteiger partial charge in [0.2, 0.25) is 5.91 Å². The number of nitrogens with one attached hydrogen (secondary N) is 2. The lowest BCUT2D eigenvalue weighted by Crippen LogP contribution is -2.46. The Kier molecular flexibility index (Phi) is 6.32. The molecule has 3 aliphatic rings. The first-order valence-electron chi connectivity index (χ1n) is 11.9. The van der Waals surface area contributed by atoms with Gasteiger partial charge in [-0.2, -0.15) is 0 Å². The van der Waals surface area contributed by atoms with Gasteiger partial charge in [-0.3, -0.25) is 19.5 Å². The Morgan fingerprint density at radius 2 is 2.00 bits per heavy atom. The number of amides is 2. The molecule has 34 heavy (non-hydrogen) atoms. The highest BCUT2D eigenvalue weighted by Gasteiger charge is 2.35. The number of aliphatic imine (C=N–C) groups is 1. The van der Waals surface area contributed by atoms with Crippen LogP contribution in [0.15, 0.2) is 35.3 Å². The molecule has 178 valence electrons. The number of anilines is 2. The van der Waals surface area contributed by atoms with E-state index in [4.69, 9.17) is 16.6 Å². The normalized spacial score (nSPS) is 20.2. The SMILES string of the molecule is CNC(=O)c1ccc(N2CCN(Cc3cc(C)c4c(c3)NC(=O)C3CCCN=C43)CC2)c(Cl)c1. The summed E-state index contributed by atoms with van der Waals surface area (Å²) >= 11 is 6.50. The summed E-state index contributed by atoms with van der Waals surface area (Å²) in [6, 6.07) is 9.84. The number of hydrogen-bond acceptors (Lipinski definition) is 5. The molecule has 8 heteroatoms. The molecule has 2 aromatic rings. The summed E-state index contributed by atoms with van der Waals surface area (Å²) in [5, 5.41) is 6.36. The number of hydrogen-bond donors (Lipinski definition) is 2. The molecule has 0 spiro atoms. The van der Waals surface area contributed by atoms with E-state index in [1.54, 1.807) is 13.1 Å². The van der Waals surface area contributed by atoms with E-state index in [2.05, 4.69) is 39.5 Å². The minimum absolute atomic E-state index is 0.0791. The molecular formula is C26H30ClN5O2. The van der Waals surface area contributed by atoms with Crippen LogP contribution in [0.5, 0.6) is 0 Å². The van der Waals surface area contributed by atoms with Crippen LogP contribution in [0.25, 0.3) is 0 Å². The van der Waals surface area contributed by atoms with E-state index in [0.29, 0.717) is 10.6 Å². The van der Waals surface area contributed by atoms with E-state index in [9.17, 15) is 9.59 Å². The summed E-state index contributed by atoms with van der Waals surface area (Å²) in [5.41, 5.74) is 6.90. The molecule has 3 heterocycles. The van der Waals surface area contributed by atoms with Crippen molar-refractivity contribution in [2.45, 2.75) is 26.3 Å². The van der Waals surface area contributed by atoms with Gasteiger partial charge < -0.3 is 15.5 Å². The van der Waals surface area contributed by atoms with Crippen molar-refractivity contribution in [1.29, 1.82) is 0 Å². The first kappa shape index (κ1) is 22.9. The number of benzene rings is 2. The number of fused-ring (bicyclic) bond motifs is 3. The lowest BCUT2D eigenvalue weighted by Gasteiger charge is -2.37. The third-order valence-electron chi connectivity index (χ3n) is 7.05. The quantitative estimate of drug-likeness (QED) is 0.703. The molecule has 0 bridgehead atoms. The zero-order valence-electron chi connectivity index (χ0n) is 19.7. The van der Waals surface area contributed by atoms with E-state index < -0.39 is 0 Å². The summed E-state index contributed by atoms with van der Waals surface area (Å²) in [7, 11) is 1.61. The van der Waals surface area contributed by atoms with E-state index >= 15 is 0 Å². The molecule has 0 radical (unpaired) electrons. The molecule has 2 aromatic carbocycles. The van der Waals surface area contributed by atoms with Gasteiger partial charge in [0.1, 0.15) is 0 Å². The standard InChI is InChI=1S/C26H30ClN5O2/c1-16-12-17(13-21-23(16)24-19(26(34)30-21)4-3-7-29-24)15-31-8-10-32(11-9-31)22-6-5-18(14-20(22)27)25(33)28-2/h5-6,12-14,19H,3-4,7-11,15H2,1-2H3,(H,28,33)(H,30,34). The van der Waals surface area contributed by atoms with Crippen LogP contribution in [0, 0.1) is 12.8 Å². The zero-order chi connectivity index (χ0) is 23.8. The second kappa shape index (κ2) is 9.39. The maximum Gasteiger partial charge on any atom is 0.251 e. The van der Waals surface area contributed by atoms with Gasteiger partial charge in [-0.15, -0.1) is 0 Å². The fourth-order valence-electron chi connectivity index (χ4n) is 5.32. The van der Waals surface area contributed by atoms with Crippen LogP contribution in [0.3, 0.4) is 0 Å². The Bertz CT molecular complexity index is 1170. The largest absolute Gasteiger partial charge is 0.368 e. The molecule has 1 atom stereocenters. The lowest BCUT2D eigenvalue weighted by molar-refractivity contribution is -0.118. The number of nitrogens with zero attached hydrogens (tertiary/aromatic N) is 3. The average Bonchev–Trinajstić information content (AvgIpc) is 2.84. The van der Waals surface area contributed by atoms with Crippen molar-refractivity contribution in [2.75, 3.05) is 50.0 Å². The van der Waals surface area contributed by atoms with Gasteiger partial charge >= 0.3 is 0 Å². The highest BCUT2D eigenvalue weighted by atomic mass is 35.5. The lowest BCUT2D eigenvalue weighted by atomic mass is 9.83. The molecular weight excluding hydrogens is 450 g/mol. The van der Waals surface area contributed by atoms with E-state index in [0.717, 1.165) is 74.8 Å². The van der Waals surface area contributed by atoms with Crippen molar-refractivity contribution >= 4 is 40.5 Å². The number of piperazine rings is 1. The molecule has 1 saturated heterocycles. The monoisotopic (exact) mass is 479 g/mol. The topological polar surface area (TPSA) is 77.0 Å². The summed E-state index contributed by atoms with van der Waals surface area (Å²) in [6.07, 6.45) is 1.86. The van der Waals surface area contributed by atoms with Gasteiger partial charge in [0, 0.05) is 57.4 Å². The van der Waals surface area contributed by atoms with Gasteiger partial charge in [-0.05, 0) is 55.2 Å². The van der Waals surface area contributed by atoms with Gasteiger partial charge in [0.05, 0.1) is 28.0 Å². The summed E-state index contributed by atoms with van der Waals surface area (Å²) in [5.74, 6) is -0.160. The van der Waals surface area contributed by atoms with E-state index in [1.165, 1.54) is 11.1 Å². The summed E-state index contributed by atoms with van der Waals surface area (Å²) < 4.78 is 0. The molecule has 5 rings (SSSR count). The van der Waals surface area contributed by atoms with Crippen LogP contribution in [0.4, 0.5) is 11.4 Å². The predicted octanol–water partition coefficient (Wildman–Crippen LogP) is 3.48. The van der Waals surface area contributed by atoms with Gasteiger partial charge in [0.25, 0.3) is 5.91 Å². The van der Waals surface area contributed by atoms with Crippen LogP contribution in [-0.2, 0) is 11.3 Å². The molecule has 1 fully saturated rings. The van der Waals surface area contributed by atoms with Gasteiger partial charge in [0.15, 0.2) is 0 Å². The molecule has 2 N–H and O–H groups in total. The Hall–Kier alpha value is -2.90. The second-order valence-corrected chi connectivity index (χ2v) is 9.70. The van der Waals surface area contributed by atoms with Gasteiger partial charge in [-0.1, -0.05) is 17.7 Å². The van der Waals surface area contributed by atoms with E-state index in [-0.39, 0.29) is 17.7 Å². The smallest absolute Gasteiger partial charge is 0.251 e. The second-order valence-electron chi connectivity index (χ2n) is 9.29. The van der Waals surface area contributed by atoms with Crippen molar-refractivity contribution in [2.24, 2.45) is 10.9 Å². The number of carbonyl (C=O) groups excluding carboxylic acids is 2. The van der Waals surface area contributed by atoms with Crippen molar-refractivity contribution in [3.63, 3.8) is 0 Å². The molecule has 0 aromatic heterocycles. The fraction of sp³-hybridized carbons (Fsp3) is 0.423. The molecule has 0 saturated carbocycles. The summed E-state index contributed by atoms with van der Waals surface area (Å²) in [6.45, 7) is 7.29. The van der Waals surface area contributed by atoms with Crippen LogP contribution in [-0.4, -0.2) is 62.2 Å². The Labute approximate surface area is 205 Å². The number of halogens is 1. The number of rotatable bonds is 4. The molecule has 7 nitrogen and oxygen atoms in total.